The Kier molecular flexibility index (Phi) is 6.92. The molecule has 0 spiro atoms. The molecule has 1 unspecified atom stereocenters. The number of aliphatic hydroxyl groups excluding tert-OH is 1. The van der Waals surface area contributed by atoms with Crippen LogP contribution < -0.4 is 15.5 Å². The van der Waals surface area contributed by atoms with E-state index in [2.05, 4.69) is 19.9 Å². The number of hydrogen-bond donors (Lipinski definition) is 4. The fraction of sp³-hybridized carbons (Fsp3) is 0.333. The summed E-state index contributed by atoms with van der Waals surface area (Å²) in [6, 6.07) is 10.6. The van der Waals surface area contributed by atoms with E-state index in [1.165, 1.54) is 19.2 Å². The summed E-state index contributed by atoms with van der Waals surface area (Å²) in [6.45, 7) is 4.02. The summed E-state index contributed by atoms with van der Waals surface area (Å²) in [5.74, 6) is -1.13. The number of anilines is 2. The number of fused-ring (bicyclic) bond motifs is 2. The highest BCUT2D eigenvalue weighted by Gasteiger charge is 2.50. The lowest BCUT2D eigenvalue weighted by Crippen LogP contribution is -2.53. The molecule has 4 rings (SSSR count). The van der Waals surface area contributed by atoms with Crippen LogP contribution in [0.5, 0.6) is 0 Å². The second-order valence-corrected chi connectivity index (χ2v) is 12.7. The first kappa shape index (κ1) is 26.8. The van der Waals surface area contributed by atoms with Crippen LogP contribution >= 0.6 is 0 Å². The Labute approximate surface area is 215 Å². The van der Waals surface area contributed by atoms with Gasteiger partial charge in [0.05, 0.1) is 19.1 Å². The van der Waals surface area contributed by atoms with Gasteiger partial charge in [0, 0.05) is 11.3 Å². The van der Waals surface area contributed by atoms with Crippen molar-refractivity contribution in [1.29, 1.82) is 0 Å². The first-order chi connectivity index (χ1) is 17.3. The molecule has 1 aliphatic heterocycles. The van der Waals surface area contributed by atoms with Crippen molar-refractivity contribution in [2.75, 3.05) is 23.4 Å². The Bertz CT molecular complexity index is 1550. The second-order valence-electron chi connectivity index (χ2n) is 9.37. The summed E-state index contributed by atoms with van der Waals surface area (Å²) in [4.78, 5) is 19.1. The third-order valence-corrected chi connectivity index (χ3v) is 8.05. The number of hydroxylamine groups is 1. The number of ketones is 1. The lowest BCUT2D eigenvalue weighted by Gasteiger charge is -2.39. The van der Waals surface area contributed by atoms with E-state index >= 15 is 0 Å². The highest BCUT2D eigenvalue weighted by molar-refractivity contribution is 7.92. The van der Waals surface area contributed by atoms with Crippen molar-refractivity contribution in [2.45, 2.75) is 37.1 Å². The lowest BCUT2D eigenvalue weighted by atomic mass is 9.71. The monoisotopic (exact) mass is 548 g/mol. The van der Waals surface area contributed by atoms with Gasteiger partial charge in [-0.2, -0.15) is 13.9 Å². The first-order valence-corrected chi connectivity index (χ1v) is 14.7. The van der Waals surface area contributed by atoms with Crippen molar-refractivity contribution < 1.29 is 31.6 Å². The Hall–Kier alpha value is -3.26. The van der Waals surface area contributed by atoms with Crippen LogP contribution in [0.4, 0.5) is 11.4 Å². The maximum atomic E-state index is 14.1. The minimum absolute atomic E-state index is 0.0343. The molecule has 0 aromatic heterocycles. The van der Waals surface area contributed by atoms with E-state index in [1.807, 2.05) is 13.8 Å². The summed E-state index contributed by atoms with van der Waals surface area (Å²) in [5, 5.41) is 14.0. The van der Waals surface area contributed by atoms with E-state index in [0.717, 1.165) is 12.3 Å². The molecule has 0 saturated carbocycles. The molecular formula is C24H28N4O7S2. The van der Waals surface area contributed by atoms with Crippen molar-refractivity contribution in [3.05, 3.63) is 59.2 Å². The molecule has 0 bridgehead atoms. The van der Waals surface area contributed by atoms with E-state index in [-0.39, 0.29) is 33.6 Å². The Morgan fingerprint density at radius 1 is 1.19 bits per heavy atom. The van der Waals surface area contributed by atoms with E-state index in [9.17, 15) is 26.7 Å². The van der Waals surface area contributed by atoms with Crippen LogP contribution in [0.2, 0.25) is 0 Å². The number of nitrogens with one attached hydrogen (secondary N) is 3. The summed E-state index contributed by atoms with van der Waals surface area (Å²) in [7, 11) is -6.64. The standard InChI is InChI=1S/C24H28N4O7S2/c1-14(2)11-12-24(28-35-3)17-8-6-5-7-16(17)21(29)20(22(24)30)23-25-18-10-9-15(26-36(4,31)32)13-19(18)37(33,34)27-23/h5-10,13-14,26,28-29H,11-12H2,1-4H3,(H,25,27). The molecule has 13 heteroatoms. The summed E-state index contributed by atoms with van der Waals surface area (Å²) in [5.41, 5.74) is 2.06. The third-order valence-electron chi connectivity index (χ3n) is 6.13. The highest BCUT2D eigenvalue weighted by atomic mass is 32.2. The van der Waals surface area contributed by atoms with E-state index in [4.69, 9.17) is 4.84 Å². The molecule has 4 N–H and O–H groups in total. The van der Waals surface area contributed by atoms with Gasteiger partial charge in [0.25, 0.3) is 10.0 Å². The van der Waals surface area contributed by atoms with Crippen LogP contribution in [-0.2, 0) is 35.2 Å². The van der Waals surface area contributed by atoms with Crippen LogP contribution in [0.25, 0.3) is 5.76 Å². The summed E-state index contributed by atoms with van der Waals surface area (Å²) >= 11 is 0. The molecule has 0 radical (unpaired) electrons. The van der Waals surface area contributed by atoms with Gasteiger partial charge in [-0.1, -0.05) is 38.1 Å². The zero-order valence-corrected chi connectivity index (χ0v) is 22.3. The molecule has 1 aliphatic carbocycles. The number of nitrogens with zero attached hydrogens (tertiary/aromatic N) is 1. The predicted molar refractivity (Wildman–Crippen MR) is 140 cm³/mol. The molecule has 1 atom stereocenters. The number of carbonyl (C=O) groups is 1. The molecule has 198 valence electrons. The summed E-state index contributed by atoms with van der Waals surface area (Å²) < 4.78 is 55.5. The number of carbonyl (C=O) groups excluding carboxylic acids is 1. The van der Waals surface area contributed by atoms with Gasteiger partial charge in [-0.15, -0.1) is 4.40 Å². The zero-order chi connectivity index (χ0) is 27.2. The molecule has 11 nitrogen and oxygen atoms in total. The van der Waals surface area contributed by atoms with Crippen LogP contribution in [0.1, 0.15) is 37.8 Å². The highest BCUT2D eigenvalue weighted by Crippen LogP contribution is 2.43. The quantitative estimate of drug-likeness (QED) is 0.363. The van der Waals surface area contributed by atoms with Gasteiger partial charge in [-0.3, -0.25) is 9.52 Å². The SMILES string of the molecule is CONC1(CCC(C)C)C(=O)C(C2=NS(=O)(=O)c3cc(NS(C)(=O)=O)ccc3N2)=C(O)c2ccccc21. The smallest absolute Gasteiger partial charge is 0.286 e. The minimum atomic E-state index is -4.38. The molecule has 2 aromatic carbocycles. The van der Waals surface area contributed by atoms with Crippen molar-refractivity contribution in [1.82, 2.24) is 5.48 Å². The predicted octanol–water partition coefficient (Wildman–Crippen LogP) is 2.91. The van der Waals surface area contributed by atoms with E-state index in [1.54, 1.807) is 24.3 Å². The number of Topliss-reactive ketones (excluding diaryl/α,β-unsaturated/α-hetero) is 1. The fourth-order valence-corrected chi connectivity index (χ4v) is 6.19. The Morgan fingerprint density at radius 2 is 1.89 bits per heavy atom. The van der Waals surface area contributed by atoms with Gasteiger partial charge in [0.1, 0.15) is 21.8 Å². The van der Waals surface area contributed by atoms with Crippen molar-refractivity contribution in [3.8, 4) is 0 Å². The molecule has 0 fully saturated rings. The van der Waals surface area contributed by atoms with E-state index in [0.29, 0.717) is 24.0 Å². The van der Waals surface area contributed by atoms with Crippen molar-refractivity contribution >= 4 is 48.8 Å². The average Bonchev–Trinajstić information content (AvgIpc) is 2.80. The van der Waals surface area contributed by atoms with E-state index < -0.39 is 37.1 Å². The van der Waals surface area contributed by atoms with Gasteiger partial charge >= 0.3 is 0 Å². The van der Waals surface area contributed by atoms with Crippen molar-refractivity contribution in [2.24, 2.45) is 10.3 Å². The maximum absolute atomic E-state index is 14.1. The Balaban J connectivity index is 1.87. The van der Waals surface area contributed by atoms with Crippen molar-refractivity contribution in [3.63, 3.8) is 0 Å². The van der Waals surface area contributed by atoms with Gasteiger partial charge in [0.15, 0.2) is 11.6 Å². The Morgan fingerprint density at radius 3 is 2.54 bits per heavy atom. The molecule has 1 heterocycles. The van der Waals surface area contributed by atoms with Gasteiger partial charge in [0.2, 0.25) is 10.0 Å². The van der Waals surface area contributed by atoms with Crippen LogP contribution in [0, 0.1) is 5.92 Å². The third kappa shape index (κ3) is 4.99. The van der Waals surface area contributed by atoms with Gasteiger partial charge in [-0.05, 0) is 42.5 Å². The van der Waals surface area contributed by atoms with Crippen LogP contribution in [0.3, 0.4) is 0 Å². The molecule has 37 heavy (non-hydrogen) atoms. The normalized spacial score (nSPS) is 20.7. The van der Waals surface area contributed by atoms with Gasteiger partial charge < -0.3 is 15.3 Å². The molecule has 0 amide bonds. The molecule has 2 aliphatic rings. The van der Waals surface area contributed by atoms with Crippen LogP contribution in [0.15, 0.2) is 57.3 Å². The zero-order valence-electron chi connectivity index (χ0n) is 20.7. The number of hydrogen-bond acceptors (Lipinski definition) is 9. The number of benzene rings is 2. The number of sulfonamides is 2. The summed E-state index contributed by atoms with van der Waals surface area (Å²) in [6.07, 6.45) is 1.88. The average molecular weight is 549 g/mol. The number of amidine groups is 1. The minimum Gasteiger partial charge on any atom is -0.506 e. The maximum Gasteiger partial charge on any atom is 0.286 e. The first-order valence-electron chi connectivity index (χ1n) is 11.4. The number of rotatable bonds is 8. The lowest BCUT2D eigenvalue weighted by molar-refractivity contribution is -0.129. The van der Waals surface area contributed by atoms with Gasteiger partial charge in [-0.25, -0.2) is 8.42 Å². The molecular weight excluding hydrogens is 520 g/mol. The molecule has 0 saturated heterocycles. The number of aliphatic hydroxyl groups is 1. The molecule has 2 aromatic rings. The topological polar surface area (TPSA) is 163 Å². The second kappa shape index (κ2) is 9.56. The largest absolute Gasteiger partial charge is 0.506 e. The van der Waals surface area contributed by atoms with Crippen LogP contribution in [-0.4, -0.2) is 46.9 Å². The fourth-order valence-electron chi connectivity index (χ4n) is 4.48.